The topological polar surface area (TPSA) is 54.0 Å². The lowest BCUT2D eigenvalue weighted by Crippen LogP contribution is -2.37. The number of aromatic amines is 1. The normalized spacial score (nSPS) is 16.9. The molecule has 1 saturated heterocycles. The molecule has 0 aromatic carbocycles. The Hall–Kier alpha value is -1.14. The Morgan fingerprint density at radius 1 is 1.31 bits per heavy atom. The van der Waals surface area contributed by atoms with Crippen LogP contribution < -0.4 is 4.90 Å². The number of ether oxygens (including phenoxy) is 1. The highest BCUT2D eigenvalue weighted by Crippen LogP contribution is 2.24. The van der Waals surface area contributed by atoms with Crippen LogP contribution >= 0.6 is 15.9 Å². The molecule has 1 N–H and O–H groups in total. The lowest BCUT2D eigenvalue weighted by molar-refractivity contribution is 0.122. The molecule has 0 spiro atoms. The van der Waals surface area contributed by atoms with Crippen molar-refractivity contribution in [2.24, 2.45) is 0 Å². The first kappa shape index (κ1) is 10.0. The van der Waals surface area contributed by atoms with E-state index in [9.17, 15) is 0 Å². The Morgan fingerprint density at radius 2 is 2.12 bits per heavy atom. The van der Waals surface area contributed by atoms with Crippen molar-refractivity contribution in [2.45, 2.75) is 0 Å². The van der Waals surface area contributed by atoms with E-state index in [1.54, 1.807) is 0 Å². The standard InChI is InChI=1S/C10H11BrN4O/c11-10-13-7-1-2-12-8(7)9(14-10)15-3-5-16-6-4-15/h1-2,12H,3-6H2. The van der Waals surface area contributed by atoms with Gasteiger partial charge in [-0.2, -0.15) is 0 Å². The van der Waals surface area contributed by atoms with E-state index in [2.05, 4.69) is 35.8 Å². The summed E-state index contributed by atoms with van der Waals surface area (Å²) in [6.45, 7) is 3.25. The number of H-pyrrole nitrogens is 1. The van der Waals surface area contributed by atoms with Gasteiger partial charge in [0, 0.05) is 19.3 Å². The summed E-state index contributed by atoms with van der Waals surface area (Å²) in [7, 11) is 0. The number of hydrogen-bond donors (Lipinski definition) is 1. The zero-order valence-electron chi connectivity index (χ0n) is 8.61. The number of halogens is 1. The fraction of sp³-hybridized carbons (Fsp3) is 0.400. The average Bonchev–Trinajstić information content (AvgIpc) is 2.77. The highest BCUT2D eigenvalue weighted by atomic mass is 79.9. The maximum atomic E-state index is 5.34. The van der Waals surface area contributed by atoms with E-state index < -0.39 is 0 Å². The number of nitrogens with one attached hydrogen (secondary N) is 1. The van der Waals surface area contributed by atoms with Gasteiger partial charge in [0.25, 0.3) is 0 Å². The van der Waals surface area contributed by atoms with Gasteiger partial charge in [0.2, 0.25) is 0 Å². The lowest BCUT2D eigenvalue weighted by atomic mass is 10.3. The first-order valence-electron chi connectivity index (χ1n) is 5.18. The maximum absolute atomic E-state index is 5.34. The van der Waals surface area contributed by atoms with Crippen molar-refractivity contribution in [2.75, 3.05) is 31.2 Å². The number of hydrogen-bond acceptors (Lipinski definition) is 4. The number of morpholine rings is 1. The second kappa shape index (κ2) is 4.03. The van der Waals surface area contributed by atoms with E-state index >= 15 is 0 Å². The van der Waals surface area contributed by atoms with Crippen LogP contribution in [0.25, 0.3) is 11.0 Å². The van der Waals surface area contributed by atoms with Gasteiger partial charge in [-0.05, 0) is 22.0 Å². The summed E-state index contributed by atoms with van der Waals surface area (Å²) >= 11 is 3.34. The van der Waals surface area contributed by atoms with Gasteiger partial charge in [0.1, 0.15) is 5.52 Å². The summed E-state index contributed by atoms with van der Waals surface area (Å²) in [6.07, 6.45) is 1.88. The third kappa shape index (κ3) is 1.68. The van der Waals surface area contributed by atoms with Crippen molar-refractivity contribution in [3.8, 4) is 0 Å². The van der Waals surface area contributed by atoms with Crippen molar-refractivity contribution in [1.29, 1.82) is 0 Å². The molecule has 0 radical (unpaired) electrons. The fourth-order valence-corrected chi connectivity index (χ4v) is 2.26. The first-order valence-corrected chi connectivity index (χ1v) is 5.97. The summed E-state index contributed by atoms with van der Waals surface area (Å²) in [5.41, 5.74) is 1.92. The Balaban J connectivity index is 2.09. The highest BCUT2D eigenvalue weighted by Gasteiger charge is 2.17. The molecule has 1 fully saturated rings. The molecule has 3 rings (SSSR count). The van der Waals surface area contributed by atoms with Gasteiger partial charge in [-0.3, -0.25) is 0 Å². The number of rotatable bonds is 1. The van der Waals surface area contributed by atoms with Crippen molar-refractivity contribution in [1.82, 2.24) is 15.0 Å². The van der Waals surface area contributed by atoms with Crippen LogP contribution in [0.3, 0.4) is 0 Å². The largest absolute Gasteiger partial charge is 0.378 e. The van der Waals surface area contributed by atoms with E-state index in [0.29, 0.717) is 4.73 Å². The lowest BCUT2D eigenvalue weighted by Gasteiger charge is -2.28. The van der Waals surface area contributed by atoms with Crippen LogP contribution in [-0.2, 0) is 4.74 Å². The van der Waals surface area contributed by atoms with Crippen molar-refractivity contribution in [3.05, 3.63) is 17.0 Å². The third-order valence-electron chi connectivity index (χ3n) is 2.67. The van der Waals surface area contributed by atoms with Gasteiger partial charge in [-0.25, -0.2) is 9.97 Å². The smallest absolute Gasteiger partial charge is 0.199 e. The molecule has 0 saturated carbocycles. The number of fused-ring (bicyclic) bond motifs is 1. The SMILES string of the molecule is Brc1nc(N2CCOCC2)c2[nH]ccc2n1. The zero-order chi connectivity index (χ0) is 11.0. The Bertz CT molecular complexity index is 506. The minimum absolute atomic E-state index is 0.626. The summed E-state index contributed by atoms with van der Waals surface area (Å²) in [5, 5.41) is 0. The van der Waals surface area contributed by atoms with Crippen molar-refractivity contribution < 1.29 is 4.74 Å². The molecule has 0 aliphatic carbocycles. The van der Waals surface area contributed by atoms with E-state index in [0.717, 1.165) is 43.2 Å². The second-order valence-electron chi connectivity index (χ2n) is 3.65. The van der Waals surface area contributed by atoms with Crippen LogP contribution in [0.4, 0.5) is 5.82 Å². The monoisotopic (exact) mass is 282 g/mol. The summed E-state index contributed by atoms with van der Waals surface area (Å²) in [6, 6.07) is 1.95. The molecule has 1 aliphatic rings. The molecule has 0 unspecified atom stereocenters. The third-order valence-corrected chi connectivity index (χ3v) is 3.02. The van der Waals surface area contributed by atoms with Crippen molar-refractivity contribution in [3.63, 3.8) is 0 Å². The van der Waals surface area contributed by atoms with E-state index in [4.69, 9.17) is 4.74 Å². The summed E-state index contributed by atoms with van der Waals surface area (Å²) in [4.78, 5) is 14.2. The van der Waals surface area contributed by atoms with E-state index in [-0.39, 0.29) is 0 Å². The highest BCUT2D eigenvalue weighted by molar-refractivity contribution is 9.10. The molecule has 2 aromatic heterocycles. The van der Waals surface area contributed by atoms with Gasteiger partial charge in [-0.15, -0.1) is 0 Å². The molecule has 2 aromatic rings. The molecule has 0 atom stereocenters. The fourth-order valence-electron chi connectivity index (χ4n) is 1.91. The van der Waals surface area contributed by atoms with Crippen LogP contribution in [0.1, 0.15) is 0 Å². The maximum Gasteiger partial charge on any atom is 0.199 e. The molecule has 5 nitrogen and oxygen atoms in total. The molecule has 84 valence electrons. The predicted molar refractivity (Wildman–Crippen MR) is 64.6 cm³/mol. The minimum atomic E-state index is 0.626. The summed E-state index contributed by atoms with van der Waals surface area (Å²) in [5.74, 6) is 0.949. The molecule has 0 bridgehead atoms. The molecule has 16 heavy (non-hydrogen) atoms. The van der Waals surface area contributed by atoms with Gasteiger partial charge in [-0.1, -0.05) is 0 Å². The van der Waals surface area contributed by atoms with E-state index in [1.165, 1.54) is 0 Å². The van der Waals surface area contributed by atoms with Gasteiger partial charge >= 0.3 is 0 Å². The molecular weight excluding hydrogens is 272 g/mol. The molecular formula is C10H11BrN4O. The number of anilines is 1. The van der Waals surface area contributed by atoms with Crippen LogP contribution in [0, 0.1) is 0 Å². The predicted octanol–water partition coefficient (Wildman–Crippen LogP) is 1.56. The Morgan fingerprint density at radius 3 is 2.94 bits per heavy atom. The van der Waals surface area contributed by atoms with Crippen molar-refractivity contribution >= 4 is 32.8 Å². The zero-order valence-corrected chi connectivity index (χ0v) is 10.2. The van der Waals surface area contributed by atoms with Gasteiger partial charge in [0.15, 0.2) is 10.6 Å². The molecule has 6 heteroatoms. The molecule has 1 aliphatic heterocycles. The quantitative estimate of drug-likeness (QED) is 0.807. The Labute approximate surface area is 101 Å². The van der Waals surface area contributed by atoms with E-state index in [1.807, 2.05) is 12.3 Å². The molecule has 3 heterocycles. The molecule has 0 amide bonds. The van der Waals surface area contributed by atoms with Crippen LogP contribution in [0.2, 0.25) is 0 Å². The number of nitrogens with zero attached hydrogens (tertiary/aromatic N) is 3. The van der Waals surface area contributed by atoms with Crippen LogP contribution in [0.5, 0.6) is 0 Å². The average molecular weight is 283 g/mol. The summed E-state index contributed by atoms with van der Waals surface area (Å²) < 4.78 is 5.96. The van der Waals surface area contributed by atoms with Crippen LogP contribution in [0.15, 0.2) is 17.0 Å². The van der Waals surface area contributed by atoms with Gasteiger partial charge < -0.3 is 14.6 Å². The Kier molecular flexibility index (Phi) is 2.53. The first-order chi connectivity index (χ1) is 7.84. The number of aromatic nitrogens is 3. The second-order valence-corrected chi connectivity index (χ2v) is 4.36. The minimum Gasteiger partial charge on any atom is -0.378 e. The van der Waals surface area contributed by atoms with Crippen LogP contribution in [-0.4, -0.2) is 41.3 Å². The van der Waals surface area contributed by atoms with Gasteiger partial charge in [0.05, 0.1) is 18.7 Å².